The predicted molar refractivity (Wildman–Crippen MR) is 169 cm³/mol. The van der Waals surface area contributed by atoms with Gasteiger partial charge in [0.2, 0.25) is 5.91 Å². The molecular weight excluding hydrogens is 577 g/mol. The Morgan fingerprint density at radius 2 is 1.51 bits per heavy atom. The van der Waals surface area contributed by atoms with Gasteiger partial charge < -0.3 is 16.0 Å². The first kappa shape index (κ1) is 29.9. The fourth-order valence-corrected chi connectivity index (χ4v) is 4.85. The number of aryl methyl sites for hydroxylation is 1. The molecule has 0 spiro atoms. The Bertz CT molecular complexity index is 1610. The summed E-state index contributed by atoms with van der Waals surface area (Å²) in [5.41, 5.74) is 4.32. The number of rotatable bonds is 9. The second-order valence-electron chi connectivity index (χ2n) is 9.08. The van der Waals surface area contributed by atoms with Gasteiger partial charge in [0.05, 0.1) is 15.8 Å². The molecule has 41 heavy (non-hydrogen) atoms. The van der Waals surface area contributed by atoms with Crippen molar-refractivity contribution in [3.63, 3.8) is 0 Å². The zero-order valence-electron chi connectivity index (χ0n) is 22.3. The minimum Gasteiger partial charge on any atom is -0.325 e. The van der Waals surface area contributed by atoms with Gasteiger partial charge in [-0.2, -0.15) is 0 Å². The molecule has 0 radical (unpaired) electrons. The lowest BCUT2D eigenvalue weighted by Crippen LogP contribution is -2.30. The molecule has 0 aromatic heterocycles. The van der Waals surface area contributed by atoms with Crippen molar-refractivity contribution >= 4 is 70.1 Å². The third-order valence-electron chi connectivity index (χ3n) is 6.17. The SMILES string of the molecule is Cc1cccc(NC(=O)CSc2ccc(NC(=O)/C(=C/c3cccc(Cl)c3Cl)NC(=O)c3ccccc3)cc2)c1C. The van der Waals surface area contributed by atoms with Crippen LogP contribution in [0.4, 0.5) is 11.4 Å². The van der Waals surface area contributed by atoms with Crippen molar-refractivity contribution in [1.29, 1.82) is 0 Å². The van der Waals surface area contributed by atoms with Crippen LogP contribution >= 0.6 is 35.0 Å². The van der Waals surface area contributed by atoms with E-state index < -0.39 is 11.8 Å². The number of halogens is 2. The minimum atomic E-state index is -0.543. The number of thioether (sulfide) groups is 1. The van der Waals surface area contributed by atoms with Gasteiger partial charge >= 0.3 is 0 Å². The average Bonchev–Trinajstić information content (AvgIpc) is 2.97. The van der Waals surface area contributed by atoms with Crippen LogP contribution in [0.25, 0.3) is 6.08 Å². The second kappa shape index (κ2) is 14.0. The Kier molecular flexibility index (Phi) is 10.2. The van der Waals surface area contributed by atoms with Gasteiger partial charge in [0.1, 0.15) is 5.70 Å². The fraction of sp³-hybridized carbons (Fsp3) is 0.0938. The fourth-order valence-electron chi connectivity index (χ4n) is 3.78. The van der Waals surface area contributed by atoms with Crippen molar-refractivity contribution in [3.8, 4) is 0 Å². The van der Waals surface area contributed by atoms with E-state index in [4.69, 9.17) is 23.2 Å². The van der Waals surface area contributed by atoms with Crippen molar-refractivity contribution < 1.29 is 14.4 Å². The number of hydrogen-bond donors (Lipinski definition) is 3. The van der Waals surface area contributed by atoms with E-state index in [1.54, 1.807) is 60.7 Å². The summed E-state index contributed by atoms with van der Waals surface area (Å²) in [6, 6.07) is 26.5. The molecule has 3 N–H and O–H groups in total. The van der Waals surface area contributed by atoms with Gasteiger partial charge in [-0.15, -0.1) is 11.8 Å². The molecule has 4 aromatic carbocycles. The average molecular weight is 605 g/mol. The molecule has 6 nitrogen and oxygen atoms in total. The van der Waals surface area contributed by atoms with E-state index in [0.29, 0.717) is 21.8 Å². The number of hydrogen-bond acceptors (Lipinski definition) is 4. The summed E-state index contributed by atoms with van der Waals surface area (Å²) in [7, 11) is 0. The first-order valence-electron chi connectivity index (χ1n) is 12.6. The van der Waals surface area contributed by atoms with E-state index in [1.165, 1.54) is 17.8 Å². The Balaban J connectivity index is 1.43. The maximum Gasteiger partial charge on any atom is 0.272 e. The molecule has 0 unspecified atom stereocenters. The maximum absolute atomic E-state index is 13.3. The first-order chi connectivity index (χ1) is 19.7. The molecule has 0 aliphatic heterocycles. The van der Waals surface area contributed by atoms with Gasteiger partial charge in [0.15, 0.2) is 0 Å². The van der Waals surface area contributed by atoms with Crippen molar-refractivity contribution in [2.75, 3.05) is 16.4 Å². The topological polar surface area (TPSA) is 87.3 Å². The monoisotopic (exact) mass is 603 g/mol. The molecule has 0 aliphatic carbocycles. The van der Waals surface area contributed by atoms with Crippen molar-refractivity contribution in [2.45, 2.75) is 18.7 Å². The Morgan fingerprint density at radius 3 is 2.24 bits per heavy atom. The molecule has 0 saturated heterocycles. The normalized spacial score (nSPS) is 11.1. The van der Waals surface area contributed by atoms with E-state index in [0.717, 1.165) is 21.7 Å². The highest BCUT2D eigenvalue weighted by Crippen LogP contribution is 2.27. The number of nitrogens with one attached hydrogen (secondary N) is 3. The van der Waals surface area contributed by atoms with Crippen LogP contribution in [0.15, 0.2) is 102 Å². The Hall–Kier alpha value is -4.04. The summed E-state index contributed by atoms with van der Waals surface area (Å²) < 4.78 is 0. The molecule has 208 valence electrons. The third-order valence-corrected chi connectivity index (χ3v) is 8.02. The molecule has 0 bridgehead atoms. The summed E-state index contributed by atoms with van der Waals surface area (Å²) in [5.74, 6) is -0.864. The van der Waals surface area contributed by atoms with Crippen LogP contribution < -0.4 is 16.0 Å². The molecule has 0 atom stereocenters. The van der Waals surface area contributed by atoms with Gasteiger partial charge in [0.25, 0.3) is 11.8 Å². The highest BCUT2D eigenvalue weighted by molar-refractivity contribution is 8.00. The molecule has 0 aliphatic rings. The molecule has 3 amide bonds. The lowest BCUT2D eigenvalue weighted by molar-refractivity contribution is -0.114. The third kappa shape index (κ3) is 8.24. The predicted octanol–water partition coefficient (Wildman–Crippen LogP) is 7.75. The van der Waals surface area contributed by atoms with E-state index in [9.17, 15) is 14.4 Å². The standard InChI is InChI=1S/C32H27Cl2N3O3S/c1-20-8-6-13-27(21(20)2)36-29(38)19-41-25-16-14-24(15-17-25)35-32(40)28(18-23-11-7-12-26(33)30(23)34)37-31(39)22-9-4-3-5-10-22/h3-18H,19H2,1-2H3,(H,35,40)(H,36,38)(H,37,39)/b28-18-. The Morgan fingerprint density at radius 1 is 0.805 bits per heavy atom. The van der Waals surface area contributed by atoms with Gasteiger partial charge in [-0.3, -0.25) is 14.4 Å². The van der Waals surface area contributed by atoms with Crippen LogP contribution in [0.3, 0.4) is 0 Å². The van der Waals surface area contributed by atoms with E-state index >= 15 is 0 Å². The van der Waals surface area contributed by atoms with Crippen LogP contribution in [-0.4, -0.2) is 23.5 Å². The smallest absolute Gasteiger partial charge is 0.272 e. The lowest BCUT2D eigenvalue weighted by Gasteiger charge is -2.13. The summed E-state index contributed by atoms with van der Waals surface area (Å²) in [6.45, 7) is 3.98. The largest absolute Gasteiger partial charge is 0.325 e. The highest BCUT2D eigenvalue weighted by Gasteiger charge is 2.16. The highest BCUT2D eigenvalue weighted by atomic mass is 35.5. The molecule has 4 aromatic rings. The van der Waals surface area contributed by atoms with Gasteiger partial charge in [0, 0.05) is 21.8 Å². The summed E-state index contributed by atoms with van der Waals surface area (Å²) in [6.07, 6.45) is 1.48. The van der Waals surface area contributed by atoms with E-state index in [1.807, 2.05) is 44.2 Å². The van der Waals surface area contributed by atoms with E-state index in [2.05, 4.69) is 16.0 Å². The maximum atomic E-state index is 13.3. The van der Waals surface area contributed by atoms with Crippen LogP contribution in [0, 0.1) is 13.8 Å². The van der Waals surface area contributed by atoms with E-state index in [-0.39, 0.29) is 22.4 Å². The van der Waals surface area contributed by atoms with Crippen LogP contribution in [-0.2, 0) is 9.59 Å². The lowest BCUT2D eigenvalue weighted by atomic mass is 10.1. The number of carbonyl (C=O) groups is 3. The molecule has 0 saturated carbocycles. The molecular formula is C32H27Cl2N3O3S. The number of benzene rings is 4. The second-order valence-corrected chi connectivity index (χ2v) is 10.9. The van der Waals surface area contributed by atoms with Crippen LogP contribution in [0.5, 0.6) is 0 Å². The van der Waals surface area contributed by atoms with Gasteiger partial charge in [-0.25, -0.2) is 0 Å². The minimum absolute atomic E-state index is 0.00964. The first-order valence-corrected chi connectivity index (χ1v) is 14.4. The van der Waals surface area contributed by atoms with Gasteiger partial charge in [-0.05, 0) is 85.1 Å². The zero-order chi connectivity index (χ0) is 29.4. The summed E-state index contributed by atoms with van der Waals surface area (Å²) in [4.78, 5) is 39.5. The molecule has 0 heterocycles. The number of anilines is 2. The van der Waals surface area contributed by atoms with Gasteiger partial charge in [-0.1, -0.05) is 65.7 Å². The quantitative estimate of drug-likeness (QED) is 0.135. The van der Waals surface area contributed by atoms with Crippen molar-refractivity contribution in [3.05, 3.63) is 129 Å². The molecule has 0 fully saturated rings. The number of amides is 3. The van der Waals surface area contributed by atoms with Crippen molar-refractivity contribution in [1.82, 2.24) is 5.32 Å². The summed E-state index contributed by atoms with van der Waals surface area (Å²) in [5, 5.41) is 9.02. The van der Waals surface area contributed by atoms with Crippen LogP contribution in [0.1, 0.15) is 27.0 Å². The Labute approximate surface area is 253 Å². The van der Waals surface area contributed by atoms with Crippen molar-refractivity contribution in [2.24, 2.45) is 0 Å². The molecule has 9 heteroatoms. The number of carbonyl (C=O) groups excluding carboxylic acids is 3. The summed E-state index contributed by atoms with van der Waals surface area (Å²) >= 11 is 13.9. The van der Waals surface area contributed by atoms with Crippen LogP contribution in [0.2, 0.25) is 10.0 Å². The molecule has 4 rings (SSSR count). The zero-order valence-corrected chi connectivity index (χ0v) is 24.7.